The number of halogens is 1. The summed E-state index contributed by atoms with van der Waals surface area (Å²) in [5.41, 5.74) is 5.59. The minimum absolute atomic E-state index is 0.157. The zero-order valence-corrected chi connectivity index (χ0v) is 10.9. The molecule has 0 saturated heterocycles. The highest BCUT2D eigenvalue weighted by atomic mass is 35.5. The van der Waals surface area contributed by atoms with Crippen molar-refractivity contribution in [2.24, 2.45) is 11.7 Å². The molecular formula is C12H17ClN4O. The molecule has 0 unspecified atom stereocenters. The number of hydrogen-bond donors (Lipinski definition) is 2. The normalized spacial score (nSPS) is 15.2. The van der Waals surface area contributed by atoms with Gasteiger partial charge in [-0.15, -0.1) is 0 Å². The molecule has 2 rings (SSSR count). The summed E-state index contributed by atoms with van der Waals surface area (Å²) in [7, 11) is 0. The molecule has 0 radical (unpaired) electrons. The van der Waals surface area contributed by atoms with Crippen molar-refractivity contribution in [3.63, 3.8) is 0 Å². The van der Waals surface area contributed by atoms with E-state index >= 15 is 0 Å². The van der Waals surface area contributed by atoms with Gasteiger partial charge in [0, 0.05) is 19.6 Å². The van der Waals surface area contributed by atoms with Gasteiger partial charge in [0.25, 0.3) is 5.56 Å². The second-order valence-electron chi connectivity index (χ2n) is 4.39. The second-order valence-corrected chi connectivity index (χ2v) is 4.79. The first-order valence-corrected chi connectivity index (χ1v) is 6.44. The molecule has 18 heavy (non-hydrogen) atoms. The van der Waals surface area contributed by atoms with E-state index in [1.54, 1.807) is 0 Å². The summed E-state index contributed by atoms with van der Waals surface area (Å²) in [6.45, 7) is 1.70. The summed E-state index contributed by atoms with van der Waals surface area (Å²) in [6, 6.07) is 0. The van der Waals surface area contributed by atoms with E-state index in [0.717, 1.165) is 0 Å². The monoisotopic (exact) mass is 268 g/mol. The molecule has 0 spiro atoms. The zero-order chi connectivity index (χ0) is 13.0. The molecule has 1 aliphatic rings. The van der Waals surface area contributed by atoms with Crippen molar-refractivity contribution in [2.45, 2.75) is 19.4 Å². The van der Waals surface area contributed by atoms with Crippen molar-refractivity contribution >= 4 is 17.3 Å². The van der Waals surface area contributed by atoms with Crippen LogP contribution in [0.5, 0.6) is 0 Å². The van der Waals surface area contributed by atoms with Crippen LogP contribution in [0.1, 0.15) is 12.8 Å². The number of nitrogens with zero attached hydrogens (tertiary/aromatic N) is 2. The van der Waals surface area contributed by atoms with Gasteiger partial charge in [0.1, 0.15) is 5.69 Å². The van der Waals surface area contributed by atoms with E-state index in [1.807, 2.05) is 12.2 Å². The third-order valence-electron chi connectivity index (χ3n) is 2.83. The van der Waals surface area contributed by atoms with Crippen LogP contribution in [0.2, 0.25) is 5.02 Å². The molecule has 3 N–H and O–H groups in total. The zero-order valence-electron chi connectivity index (χ0n) is 10.1. The summed E-state index contributed by atoms with van der Waals surface area (Å²) in [6.07, 6.45) is 7.56. The third kappa shape index (κ3) is 3.34. The van der Waals surface area contributed by atoms with Gasteiger partial charge < -0.3 is 11.1 Å². The maximum Gasteiger partial charge on any atom is 0.291 e. The van der Waals surface area contributed by atoms with E-state index in [4.69, 9.17) is 17.3 Å². The Morgan fingerprint density at radius 2 is 2.33 bits per heavy atom. The molecule has 6 heteroatoms. The highest BCUT2D eigenvalue weighted by molar-refractivity contribution is 6.32. The van der Waals surface area contributed by atoms with Crippen molar-refractivity contribution in [3.8, 4) is 0 Å². The number of nitrogens with one attached hydrogen (secondary N) is 1. The number of rotatable bonds is 6. The van der Waals surface area contributed by atoms with Crippen LogP contribution < -0.4 is 16.6 Å². The molecule has 0 atom stereocenters. The van der Waals surface area contributed by atoms with Crippen molar-refractivity contribution in [1.29, 1.82) is 0 Å². The average Bonchev–Trinajstić information content (AvgIpc) is 3.16. The third-order valence-corrected chi connectivity index (χ3v) is 3.11. The van der Waals surface area contributed by atoms with E-state index in [2.05, 4.69) is 10.4 Å². The number of hydrogen-bond acceptors (Lipinski definition) is 4. The van der Waals surface area contributed by atoms with Gasteiger partial charge in [-0.3, -0.25) is 4.79 Å². The molecule has 0 amide bonds. The Morgan fingerprint density at radius 3 is 3.00 bits per heavy atom. The highest BCUT2D eigenvalue weighted by Gasteiger charge is 2.23. The standard InChI is InChI=1S/C12H17ClN4O/c13-10-7-16-17(8-9-3-4-9)12(18)11(10)15-6-2-1-5-14/h1-2,7,9,15H,3-6,8,14H2/b2-1+. The fourth-order valence-corrected chi connectivity index (χ4v) is 1.84. The van der Waals surface area contributed by atoms with Gasteiger partial charge in [-0.1, -0.05) is 23.8 Å². The summed E-state index contributed by atoms with van der Waals surface area (Å²) < 4.78 is 1.48. The van der Waals surface area contributed by atoms with Crippen LogP contribution in [0.4, 0.5) is 5.69 Å². The van der Waals surface area contributed by atoms with Crippen LogP contribution in [0, 0.1) is 5.92 Å². The smallest absolute Gasteiger partial charge is 0.291 e. The highest BCUT2D eigenvalue weighted by Crippen LogP contribution is 2.30. The van der Waals surface area contributed by atoms with E-state index in [-0.39, 0.29) is 5.56 Å². The number of nitrogens with two attached hydrogens (primary N) is 1. The Kier molecular flexibility index (Phi) is 4.38. The van der Waals surface area contributed by atoms with Crippen molar-refractivity contribution < 1.29 is 0 Å². The van der Waals surface area contributed by atoms with Gasteiger partial charge in [-0.05, 0) is 18.8 Å². The lowest BCUT2D eigenvalue weighted by Gasteiger charge is -2.08. The fourth-order valence-electron chi connectivity index (χ4n) is 1.64. The molecule has 98 valence electrons. The van der Waals surface area contributed by atoms with Crippen LogP contribution in [-0.4, -0.2) is 22.9 Å². The molecule has 0 aromatic carbocycles. The fraction of sp³-hybridized carbons (Fsp3) is 0.500. The molecule has 1 aliphatic carbocycles. The van der Waals surface area contributed by atoms with Crippen LogP contribution >= 0.6 is 11.6 Å². The average molecular weight is 269 g/mol. The van der Waals surface area contributed by atoms with Crippen LogP contribution in [0.15, 0.2) is 23.1 Å². The first-order valence-electron chi connectivity index (χ1n) is 6.07. The topological polar surface area (TPSA) is 72.9 Å². The Labute approximate surface area is 111 Å². The van der Waals surface area contributed by atoms with Crippen LogP contribution in [0.3, 0.4) is 0 Å². The van der Waals surface area contributed by atoms with Crippen molar-refractivity contribution in [3.05, 3.63) is 33.7 Å². The Bertz CT molecular complexity index is 493. The maximum atomic E-state index is 12.1. The van der Waals surface area contributed by atoms with E-state index in [9.17, 15) is 4.79 Å². The minimum Gasteiger partial charge on any atom is -0.376 e. The van der Waals surface area contributed by atoms with Crippen LogP contribution in [-0.2, 0) is 6.54 Å². The molecular weight excluding hydrogens is 252 g/mol. The molecule has 0 bridgehead atoms. The molecule has 1 fully saturated rings. The number of aromatic nitrogens is 2. The Hall–Kier alpha value is -1.33. The van der Waals surface area contributed by atoms with E-state index in [0.29, 0.717) is 36.3 Å². The predicted octanol–water partition coefficient (Wildman–Crippen LogP) is 1.23. The second kappa shape index (κ2) is 6.02. The lowest BCUT2D eigenvalue weighted by atomic mass is 10.4. The van der Waals surface area contributed by atoms with Crippen LogP contribution in [0.25, 0.3) is 0 Å². The van der Waals surface area contributed by atoms with Gasteiger partial charge in [0.15, 0.2) is 0 Å². The van der Waals surface area contributed by atoms with E-state index < -0.39 is 0 Å². The molecule has 1 aromatic heterocycles. The quantitative estimate of drug-likeness (QED) is 0.761. The SMILES string of the molecule is NC/C=C/CNc1c(Cl)cnn(CC2CC2)c1=O. The first-order chi connectivity index (χ1) is 8.72. The van der Waals surface area contributed by atoms with Gasteiger partial charge >= 0.3 is 0 Å². The first kappa shape index (κ1) is 13.1. The van der Waals surface area contributed by atoms with E-state index in [1.165, 1.54) is 23.7 Å². The lowest BCUT2D eigenvalue weighted by Crippen LogP contribution is -2.26. The van der Waals surface area contributed by atoms with Gasteiger partial charge in [-0.25, -0.2) is 4.68 Å². The van der Waals surface area contributed by atoms with Crippen molar-refractivity contribution in [2.75, 3.05) is 18.4 Å². The maximum absolute atomic E-state index is 12.1. The summed E-state index contributed by atoms with van der Waals surface area (Å²) >= 11 is 5.98. The minimum atomic E-state index is -0.157. The molecule has 1 saturated carbocycles. The van der Waals surface area contributed by atoms with Crippen molar-refractivity contribution in [1.82, 2.24) is 9.78 Å². The summed E-state index contributed by atoms with van der Waals surface area (Å²) in [4.78, 5) is 12.1. The molecule has 1 heterocycles. The van der Waals surface area contributed by atoms with Gasteiger partial charge in [0.2, 0.25) is 0 Å². The lowest BCUT2D eigenvalue weighted by molar-refractivity contribution is 0.534. The summed E-state index contributed by atoms with van der Waals surface area (Å²) in [5.74, 6) is 0.598. The molecule has 0 aliphatic heterocycles. The predicted molar refractivity (Wildman–Crippen MR) is 72.9 cm³/mol. The Morgan fingerprint density at radius 1 is 1.56 bits per heavy atom. The Balaban J connectivity index is 2.11. The van der Waals surface area contributed by atoms with Gasteiger partial charge in [0.05, 0.1) is 11.2 Å². The number of anilines is 1. The molecule has 5 nitrogen and oxygen atoms in total. The largest absolute Gasteiger partial charge is 0.376 e. The van der Waals surface area contributed by atoms with Gasteiger partial charge in [-0.2, -0.15) is 5.10 Å². The molecule has 1 aromatic rings. The summed E-state index contributed by atoms with van der Waals surface area (Å²) in [5, 5.41) is 7.41.